The van der Waals surface area contributed by atoms with Gasteiger partial charge in [0, 0.05) is 18.0 Å². The molecule has 0 N–H and O–H groups in total. The van der Waals surface area contributed by atoms with Crippen molar-refractivity contribution in [3.05, 3.63) is 76.9 Å². The van der Waals surface area contributed by atoms with Crippen molar-refractivity contribution >= 4 is 5.57 Å². The molecule has 2 rings (SSSR count). The Labute approximate surface area is 178 Å². The van der Waals surface area contributed by atoms with Gasteiger partial charge in [0.25, 0.3) is 0 Å². The minimum Gasteiger partial charge on any atom is -0.306 e. The van der Waals surface area contributed by atoms with Crippen molar-refractivity contribution in [3.63, 3.8) is 0 Å². The average Bonchev–Trinajstić information content (AvgIpc) is 2.71. The van der Waals surface area contributed by atoms with Crippen LogP contribution in [0.25, 0.3) is 5.57 Å². The molecule has 0 saturated heterocycles. The first-order valence-corrected chi connectivity index (χ1v) is 10.8. The lowest BCUT2D eigenvalue weighted by Gasteiger charge is -2.18. The molecule has 0 radical (unpaired) electrons. The van der Waals surface area contributed by atoms with Gasteiger partial charge in [-0.05, 0) is 75.4 Å². The maximum Gasteiger partial charge on any atom is 0.0449 e. The van der Waals surface area contributed by atoms with Crippen LogP contribution in [-0.2, 0) is 6.42 Å². The van der Waals surface area contributed by atoms with Crippen molar-refractivity contribution in [2.24, 2.45) is 11.8 Å². The summed E-state index contributed by atoms with van der Waals surface area (Å²) in [5.41, 5.74) is 7.42. The molecule has 0 aliphatic heterocycles. The Morgan fingerprint density at radius 2 is 1.79 bits per heavy atom. The third kappa shape index (κ3) is 6.91. The van der Waals surface area contributed by atoms with E-state index in [4.69, 9.17) is 0 Å². The van der Waals surface area contributed by atoms with E-state index in [0.29, 0.717) is 5.92 Å². The molecule has 1 aromatic carbocycles. The minimum absolute atomic E-state index is 0.267. The average molecular weight is 388 g/mol. The summed E-state index contributed by atoms with van der Waals surface area (Å²) in [6.07, 6.45) is 8.97. The molecule has 29 heavy (non-hydrogen) atoms. The summed E-state index contributed by atoms with van der Waals surface area (Å²) in [6.45, 7) is 17.1. The first-order chi connectivity index (χ1) is 13.8. The number of rotatable bonds is 7. The van der Waals surface area contributed by atoms with Crippen LogP contribution in [0.5, 0.6) is 0 Å². The second-order valence-electron chi connectivity index (χ2n) is 8.42. The second-order valence-corrected chi connectivity index (χ2v) is 8.42. The summed E-state index contributed by atoms with van der Waals surface area (Å²) in [4.78, 5) is 2.40. The van der Waals surface area contributed by atoms with Crippen LogP contribution in [-0.4, -0.2) is 25.0 Å². The molecule has 0 bridgehead atoms. The summed E-state index contributed by atoms with van der Waals surface area (Å²) < 4.78 is 0. The molecule has 1 nitrogen and oxygen atoms in total. The highest BCUT2D eigenvalue weighted by Crippen LogP contribution is 2.26. The number of benzene rings is 1. The molecule has 0 amide bonds. The van der Waals surface area contributed by atoms with E-state index in [9.17, 15) is 0 Å². The minimum atomic E-state index is 0.267. The molecule has 1 aliphatic carbocycles. The zero-order valence-electron chi connectivity index (χ0n) is 19.2. The Kier molecular flexibility index (Phi) is 8.74. The third-order valence-corrected chi connectivity index (χ3v) is 5.75. The molecule has 1 aromatic rings. The molecule has 0 spiro atoms. The fourth-order valence-electron chi connectivity index (χ4n) is 3.53. The molecule has 0 saturated carbocycles. The van der Waals surface area contributed by atoms with E-state index < -0.39 is 0 Å². The highest BCUT2D eigenvalue weighted by molar-refractivity contribution is 5.70. The van der Waals surface area contributed by atoms with Crippen molar-refractivity contribution < 1.29 is 0 Å². The molecule has 0 fully saturated rings. The normalized spacial score (nSPS) is 19.3. The topological polar surface area (TPSA) is 3.24 Å². The molecule has 2 atom stereocenters. The van der Waals surface area contributed by atoms with E-state index in [1.54, 1.807) is 0 Å². The monoisotopic (exact) mass is 387 g/mol. The number of likely N-dealkylation sites (N-methyl/N-ethyl adjacent to an activating group) is 1. The summed E-state index contributed by atoms with van der Waals surface area (Å²) in [5.74, 6) is 7.56. The Morgan fingerprint density at radius 3 is 2.38 bits per heavy atom. The quantitative estimate of drug-likeness (QED) is 0.471. The molecular formula is C28H37N. The lowest BCUT2D eigenvalue weighted by atomic mass is 9.85. The van der Waals surface area contributed by atoms with Gasteiger partial charge in [-0.3, -0.25) is 0 Å². The molecule has 1 aliphatic rings. The largest absolute Gasteiger partial charge is 0.306 e. The van der Waals surface area contributed by atoms with Crippen LogP contribution in [0, 0.1) is 23.7 Å². The van der Waals surface area contributed by atoms with Crippen LogP contribution in [0.3, 0.4) is 0 Å². The van der Waals surface area contributed by atoms with Crippen LogP contribution < -0.4 is 0 Å². The van der Waals surface area contributed by atoms with E-state index in [1.165, 1.54) is 28.7 Å². The standard InChI is InChI=1S/C28H37N/c1-8-18-29(7)19-17-25-10-13-27(14-11-25)24(6)22(4)9-12-26-15-16-28(21(2)3)20-23(26)5/h10-11,13-16,20,23,26H,2,8,17-19H2,1,3-7H3/b24-22-. The van der Waals surface area contributed by atoms with E-state index >= 15 is 0 Å². The van der Waals surface area contributed by atoms with Gasteiger partial charge >= 0.3 is 0 Å². The van der Waals surface area contributed by atoms with E-state index in [0.717, 1.165) is 30.7 Å². The van der Waals surface area contributed by atoms with Crippen molar-refractivity contribution in [2.45, 2.75) is 47.5 Å². The maximum atomic E-state index is 4.04. The smallest absolute Gasteiger partial charge is 0.0449 e. The Morgan fingerprint density at radius 1 is 1.10 bits per heavy atom. The SMILES string of the molecule is C=C(C)C1=CC(C)C(C#C/C(C)=C(/C)c2ccc(CCN(C)CCC)cc2)C=C1. The molecule has 154 valence electrons. The van der Waals surface area contributed by atoms with Gasteiger partial charge in [-0.25, -0.2) is 0 Å². The van der Waals surface area contributed by atoms with Gasteiger partial charge in [-0.2, -0.15) is 0 Å². The number of hydrogen-bond acceptors (Lipinski definition) is 1. The number of allylic oxidation sites excluding steroid dienone is 7. The van der Waals surface area contributed by atoms with Gasteiger partial charge in [-0.1, -0.05) is 80.3 Å². The van der Waals surface area contributed by atoms with Gasteiger partial charge < -0.3 is 4.90 Å². The maximum absolute atomic E-state index is 4.04. The van der Waals surface area contributed by atoms with Gasteiger partial charge in [0.05, 0.1) is 0 Å². The summed E-state index contributed by atoms with van der Waals surface area (Å²) in [7, 11) is 2.20. The zero-order chi connectivity index (χ0) is 21.4. The highest BCUT2D eigenvalue weighted by Gasteiger charge is 2.14. The van der Waals surface area contributed by atoms with Crippen LogP contribution in [0.1, 0.15) is 52.2 Å². The van der Waals surface area contributed by atoms with Gasteiger partial charge in [0.1, 0.15) is 0 Å². The van der Waals surface area contributed by atoms with Crippen molar-refractivity contribution in [3.8, 4) is 11.8 Å². The first kappa shape index (κ1) is 23.0. The molecule has 0 aromatic heterocycles. The second kappa shape index (κ2) is 11.0. The highest BCUT2D eigenvalue weighted by atomic mass is 15.1. The molecular weight excluding hydrogens is 350 g/mol. The van der Waals surface area contributed by atoms with Gasteiger partial charge in [0.2, 0.25) is 0 Å². The fraction of sp³-hybridized carbons (Fsp3) is 0.429. The third-order valence-electron chi connectivity index (χ3n) is 5.75. The van der Waals surface area contributed by atoms with Crippen LogP contribution in [0.2, 0.25) is 0 Å². The number of hydrogen-bond donors (Lipinski definition) is 0. The van der Waals surface area contributed by atoms with Gasteiger partial charge in [0.15, 0.2) is 0 Å². The predicted octanol–water partition coefficient (Wildman–Crippen LogP) is 6.69. The van der Waals surface area contributed by atoms with E-state index in [-0.39, 0.29) is 5.92 Å². The molecule has 0 heterocycles. The van der Waals surface area contributed by atoms with Crippen LogP contribution in [0.4, 0.5) is 0 Å². The first-order valence-electron chi connectivity index (χ1n) is 10.8. The number of nitrogens with zero attached hydrogens (tertiary/aromatic N) is 1. The summed E-state index contributed by atoms with van der Waals surface area (Å²) in [5, 5.41) is 0. The molecule has 1 heteroatoms. The molecule has 2 unspecified atom stereocenters. The summed E-state index contributed by atoms with van der Waals surface area (Å²) >= 11 is 0. The van der Waals surface area contributed by atoms with Crippen LogP contribution >= 0.6 is 0 Å². The van der Waals surface area contributed by atoms with E-state index in [2.05, 4.69) is 107 Å². The Hall–Kier alpha value is -2.30. The predicted molar refractivity (Wildman–Crippen MR) is 129 cm³/mol. The van der Waals surface area contributed by atoms with E-state index in [1.807, 2.05) is 0 Å². The van der Waals surface area contributed by atoms with Crippen molar-refractivity contribution in [2.75, 3.05) is 20.1 Å². The zero-order valence-corrected chi connectivity index (χ0v) is 19.2. The fourth-order valence-corrected chi connectivity index (χ4v) is 3.53. The Bertz CT molecular complexity index is 852. The van der Waals surface area contributed by atoms with Crippen molar-refractivity contribution in [1.29, 1.82) is 0 Å². The lowest BCUT2D eigenvalue weighted by Crippen LogP contribution is -2.21. The Balaban J connectivity index is 2.04. The van der Waals surface area contributed by atoms with Crippen molar-refractivity contribution in [1.82, 2.24) is 4.90 Å². The van der Waals surface area contributed by atoms with Gasteiger partial charge in [-0.15, -0.1) is 0 Å². The summed E-state index contributed by atoms with van der Waals surface area (Å²) in [6, 6.07) is 8.99. The van der Waals surface area contributed by atoms with Crippen LogP contribution in [0.15, 0.2) is 65.8 Å². The lowest BCUT2D eigenvalue weighted by molar-refractivity contribution is 0.339.